The van der Waals surface area contributed by atoms with E-state index in [2.05, 4.69) is 22.2 Å². The van der Waals surface area contributed by atoms with Crippen molar-refractivity contribution in [2.45, 2.75) is 19.8 Å². The highest BCUT2D eigenvalue weighted by molar-refractivity contribution is 7.71. The van der Waals surface area contributed by atoms with Crippen molar-refractivity contribution in [3.8, 4) is 0 Å². The maximum atomic E-state index is 11.5. The SMILES string of the molecule is CCCCNC(=O)c1ncc[nH]c1=S. The van der Waals surface area contributed by atoms with Crippen molar-refractivity contribution in [3.63, 3.8) is 0 Å². The lowest BCUT2D eigenvalue weighted by atomic mass is 10.3. The summed E-state index contributed by atoms with van der Waals surface area (Å²) in [6, 6.07) is 0. The molecule has 1 aromatic rings. The summed E-state index contributed by atoms with van der Waals surface area (Å²) in [5.41, 5.74) is 0.290. The Hall–Kier alpha value is -1.23. The van der Waals surface area contributed by atoms with Crippen molar-refractivity contribution < 1.29 is 4.79 Å². The molecule has 1 aromatic heterocycles. The van der Waals surface area contributed by atoms with Crippen LogP contribution in [-0.4, -0.2) is 22.4 Å². The van der Waals surface area contributed by atoms with E-state index in [9.17, 15) is 4.79 Å². The zero-order valence-electron chi connectivity index (χ0n) is 8.04. The molecule has 1 rings (SSSR count). The van der Waals surface area contributed by atoms with Gasteiger partial charge in [-0.05, 0) is 6.42 Å². The highest BCUT2D eigenvalue weighted by Crippen LogP contribution is 1.94. The minimum atomic E-state index is -0.208. The second-order valence-corrected chi connectivity index (χ2v) is 3.28. The molecule has 0 fully saturated rings. The number of nitrogens with zero attached hydrogens (tertiary/aromatic N) is 1. The van der Waals surface area contributed by atoms with Gasteiger partial charge in [0.05, 0.1) is 0 Å². The molecule has 0 unspecified atom stereocenters. The van der Waals surface area contributed by atoms with Gasteiger partial charge in [-0.15, -0.1) is 0 Å². The lowest BCUT2D eigenvalue weighted by molar-refractivity contribution is 0.0947. The molecule has 0 aliphatic rings. The fourth-order valence-corrected chi connectivity index (χ4v) is 1.19. The Bertz CT molecular complexity index is 361. The van der Waals surface area contributed by atoms with Gasteiger partial charge in [0, 0.05) is 18.9 Å². The van der Waals surface area contributed by atoms with Gasteiger partial charge in [0.2, 0.25) is 0 Å². The first-order valence-electron chi connectivity index (χ1n) is 4.57. The number of rotatable bonds is 4. The lowest BCUT2D eigenvalue weighted by Crippen LogP contribution is -2.25. The minimum Gasteiger partial charge on any atom is -0.351 e. The molecular weight excluding hydrogens is 198 g/mol. The number of carbonyl (C=O) groups excluding carboxylic acids is 1. The Balaban J connectivity index is 2.61. The second kappa shape index (κ2) is 5.49. The van der Waals surface area contributed by atoms with E-state index in [0.717, 1.165) is 12.8 Å². The molecule has 4 nitrogen and oxygen atoms in total. The van der Waals surface area contributed by atoms with Gasteiger partial charge >= 0.3 is 0 Å². The van der Waals surface area contributed by atoms with Crippen LogP contribution in [0.3, 0.4) is 0 Å². The monoisotopic (exact) mass is 211 g/mol. The summed E-state index contributed by atoms with van der Waals surface area (Å²) in [7, 11) is 0. The fourth-order valence-electron chi connectivity index (χ4n) is 0.976. The summed E-state index contributed by atoms with van der Waals surface area (Å²) < 4.78 is 0.376. The molecule has 5 heteroatoms. The molecule has 0 bridgehead atoms. The first kappa shape index (κ1) is 10.8. The molecule has 0 aliphatic carbocycles. The molecule has 1 heterocycles. The van der Waals surface area contributed by atoms with Crippen LogP contribution in [-0.2, 0) is 0 Å². The predicted molar refractivity (Wildman–Crippen MR) is 56.7 cm³/mol. The smallest absolute Gasteiger partial charge is 0.272 e. The zero-order chi connectivity index (χ0) is 10.4. The van der Waals surface area contributed by atoms with Crippen molar-refractivity contribution >= 4 is 18.1 Å². The van der Waals surface area contributed by atoms with Crippen LogP contribution in [0.15, 0.2) is 12.4 Å². The van der Waals surface area contributed by atoms with Crippen LogP contribution < -0.4 is 5.32 Å². The first-order chi connectivity index (χ1) is 6.75. The van der Waals surface area contributed by atoms with Crippen molar-refractivity contribution in [1.82, 2.24) is 15.3 Å². The van der Waals surface area contributed by atoms with Crippen molar-refractivity contribution in [2.24, 2.45) is 0 Å². The van der Waals surface area contributed by atoms with Crippen LogP contribution in [0.5, 0.6) is 0 Å². The summed E-state index contributed by atoms with van der Waals surface area (Å²) in [6.45, 7) is 2.74. The third-order valence-electron chi connectivity index (χ3n) is 1.74. The van der Waals surface area contributed by atoms with Gasteiger partial charge in [0.1, 0.15) is 4.64 Å². The van der Waals surface area contributed by atoms with Crippen LogP contribution in [0.1, 0.15) is 30.3 Å². The number of carbonyl (C=O) groups is 1. The van der Waals surface area contributed by atoms with Crippen LogP contribution >= 0.6 is 12.2 Å². The number of hydrogen-bond donors (Lipinski definition) is 2. The van der Waals surface area contributed by atoms with Gasteiger partial charge in [0.15, 0.2) is 5.69 Å². The van der Waals surface area contributed by atoms with Gasteiger partial charge in [-0.3, -0.25) is 4.79 Å². The van der Waals surface area contributed by atoms with Crippen LogP contribution in [0.25, 0.3) is 0 Å². The lowest BCUT2D eigenvalue weighted by Gasteiger charge is -2.02. The standard InChI is InChI=1S/C9H13N3OS/c1-2-3-4-11-8(13)7-9(14)12-6-5-10-7/h5-6H,2-4H2,1H3,(H,11,13)(H,12,14). The van der Waals surface area contributed by atoms with Gasteiger partial charge < -0.3 is 10.3 Å². The molecule has 0 saturated carbocycles. The van der Waals surface area contributed by atoms with Gasteiger partial charge in [-0.25, -0.2) is 4.98 Å². The average molecular weight is 211 g/mol. The normalized spacial score (nSPS) is 9.79. The van der Waals surface area contributed by atoms with Gasteiger partial charge in [0.25, 0.3) is 5.91 Å². The van der Waals surface area contributed by atoms with Gasteiger partial charge in [-0.2, -0.15) is 0 Å². The number of aromatic nitrogens is 2. The van der Waals surface area contributed by atoms with E-state index in [4.69, 9.17) is 12.2 Å². The number of amides is 1. The molecule has 0 saturated heterocycles. The Morgan fingerprint density at radius 2 is 2.50 bits per heavy atom. The Kier molecular flexibility index (Phi) is 4.25. The molecule has 14 heavy (non-hydrogen) atoms. The third kappa shape index (κ3) is 2.92. The quantitative estimate of drug-likeness (QED) is 0.588. The molecule has 76 valence electrons. The highest BCUT2D eigenvalue weighted by atomic mass is 32.1. The van der Waals surface area contributed by atoms with E-state index in [-0.39, 0.29) is 5.91 Å². The zero-order valence-corrected chi connectivity index (χ0v) is 8.86. The van der Waals surface area contributed by atoms with Crippen LogP contribution in [0.2, 0.25) is 0 Å². The molecular formula is C9H13N3OS. The predicted octanol–water partition coefficient (Wildman–Crippen LogP) is 1.67. The van der Waals surface area contributed by atoms with E-state index in [0.29, 0.717) is 16.9 Å². The first-order valence-corrected chi connectivity index (χ1v) is 4.98. The van der Waals surface area contributed by atoms with Crippen molar-refractivity contribution in [2.75, 3.05) is 6.54 Å². The molecule has 0 atom stereocenters. The summed E-state index contributed by atoms with van der Waals surface area (Å²) >= 11 is 4.93. The van der Waals surface area contributed by atoms with Crippen LogP contribution in [0.4, 0.5) is 0 Å². The molecule has 0 aromatic carbocycles. The Morgan fingerprint density at radius 3 is 3.14 bits per heavy atom. The summed E-state index contributed by atoms with van der Waals surface area (Å²) in [4.78, 5) is 18.2. The summed E-state index contributed by atoms with van der Waals surface area (Å²) in [5, 5.41) is 2.75. The minimum absolute atomic E-state index is 0.208. The number of aromatic amines is 1. The Morgan fingerprint density at radius 1 is 1.71 bits per heavy atom. The maximum Gasteiger partial charge on any atom is 0.272 e. The molecule has 2 N–H and O–H groups in total. The van der Waals surface area contributed by atoms with Crippen molar-refractivity contribution in [1.29, 1.82) is 0 Å². The molecule has 0 aliphatic heterocycles. The molecule has 0 spiro atoms. The average Bonchev–Trinajstić information content (AvgIpc) is 2.18. The summed E-state index contributed by atoms with van der Waals surface area (Å²) in [6.07, 6.45) is 5.14. The number of H-pyrrole nitrogens is 1. The number of unbranched alkanes of at least 4 members (excludes halogenated alkanes) is 1. The highest BCUT2D eigenvalue weighted by Gasteiger charge is 2.07. The molecule has 0 radical (unpaired) electrons. The fraction of sp³-hybridized carbons (Fsp3) is 0.444. The van der Waals surface area contributed by atoms with E-state index in [1.54, 1.807) is 6.20 Å². The maximum absolute atomic E-state index is 11.5. The van der Waals surface area contributed by atoms with Gasteiger partial charge in [-0.1, -0.05) is 25.6 Å². The topological polar surface area (TPSA) is 57.8 Å². The van der Waals surface area contributed by atoms with Crippen molar-refractivity contribution in [3.05, 3.63) is 22.7 Å². The van der Waals surface area contributed by atoms with E-state index >= 15 is 0 Å². The second-order valence-electron chi connectivity index (χ2n) is 2.88. The number of nitrogens with one attached hydrogen (secondary N) is 2. The van der Waals surface area contributed by atoms with E-state index in [1.165, 1.54) is 6.20 Å². The largest absolute Gasteiger partial charge is 0.351 e. The van der Waals surface area contributed by atoms with E-state index < -0.39 is 0 Å². The number of hydrogen-bond acceptors (Lipinski definition) is 3. The summed E-state index contributed by atoms with van der Waals surface area (Å²) in [5.74, 6) is -0.208. The molecule has 1 amide bonds. The Labute approximate surface area is 87.8 Å². The third-order valence-corrected chi connectivity index (χ3v) is 2.05. The van der Waals surface area contributed by atoms with E-state index in [1.807, 2.05) is 0 Å². The van der Waals surface area contributed by atoms with Crippen LogP contribution in [0, 0.1) is 4.64 Å².